The maximum absolute atomic E-state index is 11.5. The number of amides is 1. The van der Waals surface area contributed by atoms with E-state index in [1.54, 1.807) is 4.90 Å². The largest absolute Gasteiger partial charge is 0.481 e. The number of likely N-dealkylation sites (tertiary alicyclic amines) is 1. The molecule has 2 saturated heterocycles. The van der Waals surface area contributed by atoms with Gasteiger partial charge >= 0.3 is 5.97 Å². The summed E-state index contributed by atoms with van der Waals surface area (Å²) in [6.07, 6.45) is 2.15. The molecule has 2 aliphatic rings. The molecule has 5 heteroatoms. The first-order valence-corrected chi connectivity index (χ1v) is 5.75. The van der Waals surface area contributed by atoms with E-state index in [9.17, 15) is 9.59 Å². The standard InChI is InChI=1S/C11H17NO4/c13-10-5-9(11(14)15)6-12(10)3-1-8-2-4-16-7-8/h8-9H,1-7H2,(H,14,15). The van der Waals surface area contributed by atoms with E-state index in [4.69, 9.17) is 9.84 Å². The highest BCUT2D eigenvalue weighted by molar-refractivity contribution is 5.86. The molecule has 2 rings (SSSR count). The minimum Gasteiger partial charge on any atom is -0.481 e. The lowest BCUT2D eigenvalue weighted by atomic mass is 10.1. The van der Waals surface area contributed by atoms with Gasteiger partial charge in [0.15, 0.2) is 0 Å². The van der Waals surface area contributed by atoms with Gasteiger partial charge in [0.25, 0.3) is 0 Å². The highest BCUT2D eigenvalue weighted by Gasteiger charge is 2.34. The second kappa shape index (κ2) is 4.82. The summed E-state index contributed by atoms with van der Waals surface area (Å²) in [7, 11) is 0. The Balaban J connectivity index is 1.77. The second-order valence-corrected chi connectivity index (χ2v) is 4.60. The third-order valence-electron chi connectivity index (χ3n) is 3.39. The lowest BCUT2D eigenvalue weighted by Gasteiger charge is -2.17. The number of aliphatic carboxylic acids is 1. The van der Waals surface area contributed by atoms with Crippen LogP contribution in [0.5, 0.6) is 0 Å². The molecule has 0 aliphatic carbocycles. The molecule has 0 aromatic heterocycles. The smallest absolute Gasteiger partial charge is 0.308 e. The normalized spacial score (nSPS) is 30.0. The first-order valence-electron chi connectivity index (χ1n) is 5.75. The molecule has 16 heavy (non-hydrogen) atoms. The highest BCUT2D eigenvalue weighted by Crippen LogP contribution is 2.21. The molecule has 0 saturated carbocycles. The number of carboxylic acids is 1. The molecule has 1 amide bonds. The third kappa shape index (κ3) is 2.52. The Morgan fingerprint density at radius 1 is 1.56 bits per heavy atom. The predicted molar refractivity (Wildman–Crippen MR) is 55.9 cm³/mol. The van der Waals surface area contributed by atoms with Crippen LogP contribution in [0.15, 0.2) is 0 Å². The Morgan fingerprint density at radius 3 is 2.94 bits per heavy atom. The van der Waals surface area contributed by atoms with Crippen LogP contribution in [0.3, 0.4) is 0 Å². The van der Waals surface area contributed by atoms with Crippen LogP contribution in [0.2, 0.25) is 0 Å². The van der Waals surface area contributed by atoms with Crippen LogP contribution >= 0.6 is 0 Å². The van der Waals surface area contributed by atoms with E-state index in [1.807, 2.05) is 0 Å². The Kier molecular flexibility index (Phi) is 3.43. The summed E-state index contributed by atoms with van der Waals surface area (Å²) in [5, 5.41) is 8.83. The van der Waals surface area contributed by atoms with Crippen LogP contribution in [-0.4, -0.2) is 48.2 Å². The minimum absolute atomic E-state index is 0.0219. The lowest BCUT2D eigenvalue weighted by Crippen LogP contribution is -2.28. The van der Waals surface area contributed by atoms with E-state index in [-0.39, 0.29) is 12.3 Å². The molecule has 2 unspecified atom stereocenters. The molecule has 0 aromatic rings. The number of hydrogen-bond acceptors (Lipinski definition) is 3. The molecule has 2 atom stereocenters. The van der Waals surface area contributed by atoms with Crippen molar-refractivity contribution in [1.82, 2.24) is 4.90 Å². The van der Waals surface area contributed by atoms with Crippen molar-refractivity contribution in [3.05, 3.63) is 0 Å². The van der Waals surface area contributed by atoms with E-state index in [1.165, 1.54) is 0 Å². The summed E-state index contributed by atoms with van der Waals surface area (Å²) in [5.41, 5.74) is 0. The minimum atomic E-state index is -0.861. The molecule has 2 aliphatic heterocycles. The molecule has 2 heterocycles. The summed E-state index contributed by atoms with van der Waals surface area (Å²) in [6.45, 7) is 2.65. The third-order valence-corrected chi connectivity index (χ3v) is 3.39. The van der Waals surface area contributed by atoms with Gasteiger partial charge < -0.3 is 14.7 Å². The average molecular weight is 227 g/mol. The Labute approximate surface area is 94.4 Å². The first-order chi connectivity index (χ1) is 7.66. The highest BCUT2D eigenvalue weighted by atomic mass is 16.5. The molecule has 5 nitrogen and oxygen atoms in total. The fraction of sp³-hybridized carbons (Fsp3) is 0.818. The van der Waals surface area contributed by atoms with Crippen LogP contribution in [0.1, 0.15) is 19.3 Å². The first kappa shape index (κ1) is 11.4. The van der Waals surface area contributed by atoms with E-state index in [0.717, 1.165) is 26.1 Å². The Hall–Kier alpha value is -1.10. The number of nitrogens with zero attached hydrogens (tertiary/aromatic N) is 1. The van der Waals surface area contributed by atoms with Crippen LogP contribution < -0.4 is 0 Å². The molecular formula is C11H17NO4. The summed E-state index contributed by atoms with van der Waals surface area (Å²) in [4.78, 5) is 24.0. The average Bonchev–Trinajstić information content (AvgIpc) is 2.84. The van der Waals surface area contributed by atoms with Crippen molar-refractivity contribution < 1.29 is 19.4 Å². The van der Waals surface area contributed by atoms with Gasteiger partial charge in [0.2, 0.25) is 5.91 Å². The maximum atomic E-state index is 11.5. The predicted octanol–water partition coefficient (Wildman–Crippen LogP) is 0.346. The second-order valence-electron chi connectivity index (χ2n) is 4.60. The number of ether oxygens (including phenoxy) is 1. The van der Waals surface area contributed by atoms with Crippen LogP contribution in [0, 0.1) is 11.8 Å². The molecule has 0 radical (unpaired) electrons. The molecule has 0 spiro atoms. The number of carboxylic acid groups (broad SMARTS) is 1. The van der Waals surface area contributed by atoms with E-state index < -0.39 is 11.9 Å². The monoisotopic (exact) mass is 227 g/mol. The fourth-order valence-electron chi connectivity index (χ4n) is 2.30. The van der Waals surface area contributed by atoms with Gasteiger partial charge in [-0.25, -0.2) is 0 Å². The van der Waals surface area contributed by atoms with Crippen LogP contribution in [0.25, 0.3) is 0 Å². The summed E-state index contributed by atoms with van der Waals surface area (Å²) < 4.78 is 5.26. The zero-order chi connectivity index (χ0) is 11.5. The molecule has 90 valence electrons. The number of hydrogen-bond donors (Lipinski definition) is 1. The van der Waals surface area contributed by atoms with Crippen molar-refractivity contribution in [2.24, 2.45) is 11.8 Å². The van der Waals surface area contributed by atoms with Crippen LogP contribution in [-0.2, 0) is 14.3 Å². The van der Waals surface area contributed by atoms with Gasteiger partial charge in [-0.1, -0.05) is 0 Å². The van der Waals surface area contributed by atoms with Gasteiger partial charge in [-0.2, -0.15) is 0 Å². The molecule has 2 fully saturated rings. The van der Waals surface area contributed by atoms with Gasteiger partial charge in [0.05, 0.1) is 5.92 Å². The number of rotatable bonds is 4. The molecule has 0 aromatic carbocycles. The summed E-state index contributed by atoms with van der Waals surface area (Å²) in [5.74, 6) is -0.852. The van der Waals surface area contributed by atoms with Gasteiger partial charge in [-0.05, 0) is 18.8 Å². The lowest BCUT2D eigenvalue weighted by molar-refractivity contribution is -0.141. The molecule has 0 bridgehead atoms. The van der Waals surface area contributed by atoms with Crippen molar-refractivity contribution >= 4 is 11.9 Å². The van der Waals surface area contributed by atoms with E-state index >= 15 is 0 Å². The van der Waals surface area contributed by atoms with Gasteiger partial charge in [-0.15, -0.1) is 0 Å². The zero-order valence-electron chi connectivity index (χ0n) is 9.22. The van der Waals surface area contributed by atoms with Gasteiger partial charge in [0, 0.05) is 32.7 Å². The summed E-state index contributed by atoms with van der Waals surface area (Å²) >= 11 is 0. The quantitative estimate of drug-likeness (QED) is 0.752. The number of carbonyl (C=O) groups is 2. The maximum Gasteiger partial charge on any atom is 0.308 e. The van der Waals surface area contributed by atoms with Crippen molar-refractivity contribution in [1.29, 1.82) is 0 Å². The SMILES string of the molecule is O=C(O)C1CC(=O)N(CCC2CCOC2)C1. The topological polar surface area (TPSA) is 66.8 Å². The van der Waals surface area contributed by atoms with Crippen LogP contribution in [0.4, 0.5) is 0 Å². The Bertz CT molecular complexity index is 286. The molecule has 1 N–H and O–H groups in total. The van der Waals surface area contributed by atoms with Crippen molar-refractivity contribution in [2.45, 2.75) is 19.3 Å². The van der Waals surface area contributed by atoms with Gasteiger partial charge in [-0.3, -0.25) is 9.59 Å². The van der Waals surface area contributed by atoms with Crippen molar-refractivity contribution in [2.75, 3.05) is 26.3 Å². The fourth-order valence-corrected chi connectivity index (χ4v) is 2.30. The van der Waals surface area contributed by atoms with E-state index in [0.29, 0.717) is 19.0 Å². The molecular weight excluding hydrogens is 210 g/mol. The zero-order valence-corrected chi connectivity index (χ0v) is 9.22. The van der Waals surface area contributed by atoms with Gasteiger partial charge in [0.1, 0.15) is 0 Å². The Morgan fingerprint density at radius 2 is 2.38 bits per heavy atom. The van der Waals surface area contributed by atoms with Crippen molar-refractivity contribution in [3.63, 3.8) is 0 Å². The van der Waals surface area contributed by atoms with Crippen molar-refractivity contribution in [3.8, 4) is 0 Å². The van der Waals surface area contributed by atoms with E-state index in [2.05, 4.69) is 0 Å². The summed E-state index contributed by atoms with van der Waals surface area (Å²) in [6, 6.07) is 0. The number of carbonyl (C=O) groups excluding carboxylic acids is 1.